The molecule has 0 saturated heterocycles. The van der Waals surface area contributed by atoms with Crippen LogP contribution in [-0.2, 0) is 0 Å². The first-order valence-electron chi connectivity index (χ1n) is 9.37. The highest BCUT2D eigenvalue weighted by Gasteiger charge is 2.51. The van der Waals surface area contributed by atoms with Gasteiger partial charge in [-0.25, -0.2) is 4.79 Å². The lowest BCUT2D eigenvalue weighted by Crippen LogP contribution is -2.53. The molecule has 2 amide bonds. The summed E-state index contributed by atoms with van der Waals surface area (Å²) in [5, 5.41) is 14.9. The van der Waals surface area contributed by atoms with Gasteiger partial charge in [0.15, 0.2) is 0 Å². The van der Waals surface area contributed by atoms with E-state index in [1.165, 1.54) is 0 Å². The van der Waals surface area contributed by atoms with Crippen molar-refractivity contribution in [3.63, 3.8) is 0 Å². The lowest BCUT2D eigenvalue weighted by Gasteiger charge is -2.55. The van der Waals surface area contributed by atoms with Gasteiger partial charge in [-0.05, 0) is 38.0 Å². The second-order valence-corrected chi connectivity index (χ2v) is 8.06. The Morgan fingerprint density at radius 2 is 1.72 bits per heavy atom. The molecule has 2 spiro atoms. The van der Waals surface area contributed by atoms with Crippen LogP contribution in [0.3, 0.4) is 0 Å². The lowest BCUT2D eigenvalue weighted by atomic mass is 9.50. The predicted octanol–water partition coefficient (Wildman–Crippen LogP) is 3.47. The van der Waals surface area contributed by atoms with Crippen LogP contribution in [0.15, 0.2) is 48.6 Å². The molecule has 3 aliphatic rings. The molecule has 136 valence electrons. The number of allylic oxidation sites excluding steroid dienone is 8. The fraction of sp³-hybridized carbons (Fsp3) is 0.571. The molecular weight excluding hydrogens is 312 g/mol. The number of aliphatic hydroxyl groups is 1. The minimum atomic E-state index is -0.523. The average molecular weight is 342 g/mol. The standard InChI is InChI=1S/C21H30N2O2/c1-3-19(16-23-18(25)22-13-17(2)24)14-21(15-19)11-9-20(10-12-21)7-5-4-6-8-20/h5-12,17,24H,3-4,13-16H2,1-2H3,(H2,22,23,25)/t17-/m0/s1. The summed E-state index contributed by atoms with van der Waals surface area (Å²) in [7, 11) is 0. The van der Waals surface area contributed by atoms with Crippen molar-refractivity contribution in [1.29, 1.82) is 0 Å². The first kappa shape index (κ1) is 18.0. The Kier molecular flexibility index (Phi) is 4.92. The monoisotopic (exact) mass is 342 g/mol. The highest BCUT2D eigenvalue weighted by atomic mass is 16.3. The van der Waals surface area contributed by atoms with E-state index >= 15 is 0 Å². The summed E-state index contributed by atoms with van der Waals surface area (Å²) in [6.45, 7) is 4.83. The summed E-state index contributed by atoms with van der Waals surface area (Å²) in [6, 6.07) is -0.194. The summed E-state index contributed by atoms with van der Waals surface area (Å²) < 4.78 is 0. The summed E-state index contributed by atoms with van der Waals surface area (Å²) in [5.41, 5.74) is 0.296. The highest BCUT2D eigenvalue weighted by molar-refractivity contribution is 5.73. The molecule has 3 aliphatic carbocycles. The van der Waals surface area contributed by atoms with Gasteiger partial charge in [0, 0.05) is 23.9 Å². The molecule has 0 aromatic rings. The van der Waals surface area contributed by atoms with Crippen LogP contribution in [0.5, 0.6) is 0 Å². The molecule has 3 rings (SSSR count). The number of nitrogens with one attached hydrogen (secondary N) is 2. The molecule has 0 bridgehead atoms. The predicted molar refractivity (Wildman–Crippen MR) is 101 cm³/mol. The van der Waals surface area contributed by atoms with Crippen molar-refractivity contribution < 1.29 is 9.90 Å². The Labute approximate surface area is 150 Å². The maximum Gasteiger partial charge on any atom is 0.314 e. The maximum absolute atomic E-state index is 11.8. The van der Waals surface area contributed by atoms with Crippen molar-refractivity contribution in [2.75, 3.05) is 13.1 Å². The van der Waals surface area contributed by atoms with E-state index in [1.807, 2.05) is 0 Å². The molecule has 0 radical (unpaired) electrons. The van der Waals surface area contributed by atoms with Gasteiger partial charge >= 0.3 is 6.03 Å². The van der Waals surface area contributed by atoms with E-state index < -0.39 is 6.10 Å². The third-order valence-corrected chi connectivity index (χ3v) is 5.83. The summed E-state index contributed by atoms with van der Waals surface area (Å²) >= 11 is 0. The normalized spacial score (nSPS) is 24.9. The zero-order chi connectivity index (χ0) is 18.0. The molecule has 1 saturated carbocycles. The number of carbonyl (C=O) groups is 1. The van der Waals surface area contributed by atoms with Crippen LogP contribution in [0.4, 0.5) is 4.79 Å². The van der Waals surface area contributed by atoms with E-state index in [1.54, 1.807) is 6.92 Å². The van der Waals surface area contributed by atoms with Gasteiger partial charge in [-0.3, -0.25) is 0 Å². The van der Waals surface area contributed by atoms with E-state index in [-0.39, 0.29) is 28.8 Å². The number of aliphatic hydroxyl groups excluding tert-OH is 1. The van der Waals surface area contributed by atoms with E-state index in [0.29, 0.717) is 6.54 Å². The molecule has 4 heteroatoms. The second-order valence-electron chi connectivity index (χ2n) is 8.06. The van der Waals surface area contributed by atoms with Crippen LogP contribution in [0.2, 0.25) is 0 Å². The quantitative estimate of drug-likeness (QED) is 0.670. The zero-order valence-electron chi connectivity index (χ0n) is 15.3. The molecule has 1 atom stereocenters. The van der Waals surface area contributed by atoms with Crippen LogP contribution in [-0.4, -0.2) is 30.3 Å². The summed E-state index contributed by atoms with van der Waals surface area (Å²) in [5.74, 6) is 0. The minimum absolute atomic E-state index is 0.0207. The number of rotatable bonds is 5. The Bertz CT molecular complexity index is 592. The zero-order valence-corrected chi connectivity index (χ0v) is 15.3. The van der Waals surface area contributed by atoms with Crippen LogP contribution < -0.4 is 10.6 Å². The van der Waals surface area contributed by atoms with Crippen LogP contribution >= 0.6 is 0 Å². The molecule has 0 aromatic heterocycles. The fourth-order valence-corrected chi connectivity index (χ4v) is 4.28. The molecule has 0 aliphatic heterocycles. The van der Waals surface area contributed by atoms with Crippen molar-refractivity contribution in [3.8, 4) is 0 Å². The van der Waals surface area contributed by atoms with E-state index in [4.69, 9.17) is 0 Å². The maximum atomic E-state index is 11.8. The van der Waals surface area contributed by atoms with Crippen LogP contribution in [0, 0.1) is 16.2 Å². The topological polar surface area (TPSA) is 61.4 Å². The summed E-state index contributed by atoms with van der Waals surface area (Å²) in [6.07, 6.45) is 22.1. The van der Waals surface area contributed by atoms with Gasteiger partial charge in [0.2, 0.25) is 0 Å². The van der Waals surface area contributed by atoms with Gasteiger partial charge in [-0.1, -0.05) is 55.5 Å². The SMILES string of the molecule is CCC1(CNC(=O)NC[C@H](C)O)CC2(C=CC3(C=CCC=C3)C=C2)C1. The van der Waals surface area contributed by atoms with E-state index in [9.17, 15) is 9.90 Å². The number of hydrogen-bond donors (Lipinski definition) is 3. The Morgan fingerprint density at radius 3 is 2.28 bits per heavy atom. The molecule has 3 N–H and O–H groups in total. The van der Waals surface area contributed by atoms with Crippen LogP contribution in [0.25, 0.3) is 0 Å². The highest BCUT2D eigenvalue weighted by Crippen LogP contribution is 2.59. The second kappa shape index (κ2) is 6.83. The van der Waals surface area contributed by atoms with Crippen molar-refractivity contribution in [1.82, 2.24) is 10.6 Å². The lowest BCUT2D eigenvalue weighted by molar-refractivity contribution is 0.0271. The van der Waals surface area contributed by atoms with Gasteiger partial charge in [0.1, 0.15) is 0 Å². The third kappa shape index (κ3) is 3.90. The molecule has 0 aromatic carbocycles. The van der Waals surface area contributed by atoms with Crippen molar-refractivity contribution >= 4 is 6.03 Å². The Morgan fingerprint density at radius 1 is 1.08 bits per heavy atom. The molecule has 4 nitrogen and oxygen atoms in total. The molecule has 0 unspecified atom stereocenters. The Hall–Kier alpha value is -1.81. The molecule has 0 heterocycles. The van der Waals surface area contributed by atoms with Gasteiger partial charge in [-0.2, -0.15) is 0 Å². The minimum Gasteiger partial charge on any atom is -0.392 e. The Balaban J connectivity index is 1.54. The van der Waals surface area contributed by atoms with E-state index in [2.05, 4.69) is 66.2 Å². The van der Waals surface area contributed by atoms with Gasteiger partial charge < -0.3 is 15.7 Å². The molecular formula is C21H30N2O2. The first-order valence-corrected chi connectivity index (χ1v) is 9.37. The average Bonchev–Trinajstić information content (AvgIpc) is 2.59. The van der Waals surface area contributed by atoms with E-state index in [0.717, 1.165) is 25.7 Å². The van der Waals surface area contributed by atoms with Crippen molar-refractivity contribution in [2.24, 2.45) is 16.2 Å². The van der Waals surface area contributed by atoms with Crippen LogP contribution in [0.1, 0.15) is 39.5 Å². The van der Waals surface area contributed by atoms with Gasteiger partial charge in [0.25, 0.3) is 0 Å². The number of amides is 2. The fourth-order valence-electron chi connectivity index (χ4n) is 4.28. The molecule has 1 fully saturated rings. The van der Waals surface area contributed by atoms with Crippen molar-refractivity contribution in [3.05, 3.63) is 48.6 Å². The first-order chi connectivity index (χ1) is 11.9. The number of hydrogen-bond acceptors (Lipinski definition) is 2. The van der Waals surface area contributed by atoms with Gasteiger partial charge in [-0.15, -0.1) is 0 Å². The van der Waals surface area contributed by atoms with Gasteiger partial charge in [0.05, 0.1) is 6.10 Å². The molecule has 25 heavy (non-hydrogen) atoms. The summed E-state index contributed by atoms with van der Waals surface area (Å²) in [4.78, 5) is 11.8. The number of carbonyl (C=O) groups excluding carboxylic acids is 1. The number of urea groups is 1. The third-order valence-electron chi connectivity index (χ3n) is 5.83. The smallest absolute Gasteiger partial charge is 0.314 e. The van der Waals surface area contributed by atoms with Crippen molar-refractivity contribution in [2.45, 2.75) is 45.6 Å². The largest absolute Gasteiger partial charge is 0.392 e.